The fourth-order valence-electron chi connectivity index (χ4n) is 6.04. The van der Waals surface area contributed by atoms with Crippen LogP contribution < -0.4 is 21.9 Å². The van der Waals surface area contributed by atoms with E-state index in [9.17, 15) is 14.4 Å². The van der Waals surface area contributed by atoms with Gasteiger partial charge in [-0.2, -0.15) is 0 Å². The lowest BCUT2D eigenvalue weighted by atomic mass is 10.0. The zero-order valence-corrected chi connectivity index (χ0v) is 28.2. The largest absolute Gasteiger partial charge is 0.338 e. The van der Waals surface area contributed by atoms with Crippen LogP contribution >= 0.6 is 11.3 Å². The van der Waals surface area contributed by atoms with Crippen molar-refractivity contribution in [1.82, 2.24) is 14.5 Å². The first-order valence-electron chi connectivity index (χ1n) is 15.9. The minimum atomic E-state index is -0.787. The van der Waals surface area contributed by atoms with Crippen LogP contribution in [0.1, 0.15) is 23.6 Å². The van der Waals surface area contributed by atoms with Gasteiger partial charge in [-0.15, -0.1) is 11.3 Å². The summed E-state index contributed by atoms with van der Waals surface area (Å²) in [5.74, 6) is -1.57. The van der Waals surface area contributed by atoms with E-state index in [0.29, 0.717) is 51.3 Å². The van der Waals surface area contributed by atoms with Gasteiger partial charge in [0, 0.05) is 33.8 Å². The van der Waals surface area contributed by atoms with Crippen LogP contribution in [0.4, 0.5) is 19.3 Å². The summed E-state index contributed by atoms with van der Waals surface area (Å²) in [6.45, 7) is 2.94. The number of carbonyl (C=O) groups excluding carboxylic acids is 1. The molecular formula is C38H36F2N5O3S+. The number of hydrogen-bond acceptors (Lipinski definition) is 4. The molecule has 8 nitrogen and oxygen atoms in total. The zero-order chi connectivity index (χ0) is 34.7. The predicted octanol–water partition coefficient (Wildman–Crippen LogP) is 7.13. The third-order valence-corrected chi connectivity index (χ3v) is 9.55. The van der Waals surface area contributed by atoms with Crippen LogP contribution in [0.25, 0.3) is 26.3 Å². The highest BCUT2D eigenvalue weighted by Crippen LogP contribution is 2.39. The summed E-state index contributed by atoms with van der Waals surface area (Å²) in [7, 11) is 4.14. The summed E-state index contributed by atoms with van der Waals surface area (Å²) in [6, 6.07) is 29.1. The minimum absolute atomic E-state index is 0.276. The molecular weight excluding hydrogens is 645 g/mol. The Morgan fingerprint density at radius 2 is 1.43 bits per heavy atom. The molecule has 0 atom stereocenters. The first-order valence-corrected chi connectivity index (χ1v) is 16.7. The van der Waals surface area contributed by atoms with E-state index in [1.54, 1.807) is 42.5 Å². The number of halogens is 2. The Hall–Kier alpha value is -5.39. The lowest BCUT2D eigenvalue weighted by Crippen LogP contribution is -2.40. The molecule has 6 aromatic rings. The number of fused-ring (bicyclic) bond motifs is 1. The lowest BCUT2D eigenvalue weighted by molar-refractivity contribution is -0.916. The molecule has 0 saturated heterocycles. The maximum Gasteiger partial charge on any atom is 0.337 e. The Bertz CT molecular complexity index is 2230. The van der Waals surface area contributed by atoms with Crippen molar-refractivity contribution in [3.63, 3.8) is 0 Å². The molecule has 2 amide bonds. The topological polar surface area (TPSA) is 85.1 Å². The average Bonchev–Trinajstić information content (AvgIpc) is 3.43. The van der Waals surface area contributed by atoms with E-state index < -0.39 is 29.4 Å². The highest BCUT2D eigenvalue weighted by molar-refractivity contribution is 7.22. The van der Waals surface area contributed by atoms with Gasteiger partial charge in [-0.05, 0) is 48.9 Å². The first-order chi connectivity index (χ1) is 23.6. The second-order valence-corrected chi connectivity index (χ2v) is 13.4. The summed E-state index contributed by atoms with van der Waals surface area (Å²) in [6.07, 6.45) is 0. The highest BCUT2D eigenvalue weighted by atomic mass is 32.1. The van der Waals surface area contributed by atoms with E-state index in [-0.39, 0.29) is 11.6 Å². The summed E-state index contributed by atoms with van der Waals surface area (Å²) in [5, 5.41) is 5.81. The molecule has 0 fully saturated rings. The molecule has 0 saturated carbocycles. The second-order valence-electron chi connectivity index (χ2n) is 12.4. The summed E-state index contributed by atoms with van der Waals surface area (Å²) >= 11 is 1.24. The van der Waals surface area contributed by atoms with Crippen molar-refractivity contribution in [2.75, 3.05) is 26.0 Å². The van der Waals surface area contributed by atoms with Crippen LogP contribution in [0.5, 0.6) is 0 Å². The summed E-state index contributed by atoms with van der Waals surface area (Å²) in [4.78, 5) is 42.0. The predicted molar refractivity (Wildman–Crippen MR) is 191 cm³/mol. The van der Waals surface area contributed by atoms with Gasteiger partial charge in [0.2, 0.25) is 0 Å². The Morgan fingerprint density at radius 3 is 2.06 bits per heavy atom. The molecule has 250 valence electrons. The van der Waals surface area contributed by atoms with E-state index in [1.807, 2.05) is 37.3 Å². The summed E-state index contributed by atoms with van der Waals surface area (Å²) in [5.41, 5.74) is 2.02. The Kier molecular flexibility index (Phi) is 9.57. The van der Waals surface area contributed by atoms with Gasteiger partial charge in [-0.3, -0.25) is 9.36 Å². The SMILES string of the molecule is CCNC(=O)Nc1ccc(-c2sc3c(c2C[N+](C)(C)Cc2ccccc2)c(=O)n(-c2ccccc2)c(=O)n3Cc2c(F)cccc2F)cc1. The number of hydrogen-bond donors (Lipinski definition) is 2. The Balaban J connectivity index is 1.61. The molecule has 2 heterocycles. The third kappa shape index (κ3) is 7.08. The quantitative estimate of drug-likeness (QED) is 0.151. The van der Waals surface area contributed by atoms with E-state index >= 15 is 8.78 Å². The van der Waals surface area contributed by atoms with Crippen LogP contribution in [0.2, 0.25) is 0 Å². The number of quaternary nitrogens is 1. The monoisotopic (exact) mass is 680 g/mol. The molecule has 0 radical (unpaired) electrons. The number of carbonyl (C=O) groups is 1. The van der Waals surface area contributed by atoms with Crippen molar-refractivity contribution in [2.45, 2.75) is 26.6 Å². The fourth-order valence-corrected chi connectivity index (χ4v) is 7.34. The van der Waals surface area contributed by atoms with E-state index in [2.05, 4.69) is 36.9 Å². The molecule has 0 bridgehead atoms. The lowest BCUT2D eigenvalue weighted by Gasteiger charge is -2.30. The molecule has 2 N–H and O–H groups in total. The molecule has 0 aliphatic rings. The number of rotatable bonds is 10. The molecule has 0 spiro atoms. The van der Waals surface area contributed by atoms with Crippen molar-refractivity contribution >= 4 is 33.3 Å². The fraction of sp³-hybridized carbons (Fsp3) is 0.184. The number of aromatic nitrogens is 2. The maximum atomic E-state index is 15.1. The molecule has 6 rings (SSSR count). The van der Waals surface area contributed by atoms with Gasteiger partial charge in [0.05, 0.1) is 31.7 Å². The number of urea groups is 1. The maximum absolute atomic E-state index is 15.1. The number of anilines is 1. The van der Waals surface area contributed by atoms with Crippen molar-refractivity contribution in [2.24, 2.45) is 0 Å². The molecule has 2 aromatic heterocycles. The zero-order valence-electron chi connectivity index (χ0n) is 27.4. The smallest absolute Gasteiger partial charge is 0.337 e. The van der Waals surface area contributed by atoms with Gasteiger partial charge >= 0.3 is 11.7 Å². The Labute approximate surface area is 286 Å². The van der Waals surface area contributed by atoms with Crippen molar-refractivity contribution in [3.05, 3.63) is 152 Å². The van der Waals surface area contributed by atoms with Crippen LogP contribution in [0, 0.1) is 11.6 Å². The third-order valence-electron chi connectivity index (χ3n) is 8.25. The molecule has 11 heteroatoms. The molecule has 49 heavy (non-hydrogen) atoms. The van der Waals surface area contributed by atoms with E-state index in [0.717, 1.165) is 32.7 Å². The summed E-state index contributed by atoms with van der Waals surface area (Å²) < 4.78 is 33.0. The molecule has 0 unspecified atom stereocenters. The first kappa shape index (κ1) is 33.5. The van der Waals surface area contributed by atoms with Crippen molar-refractivity contribution < 1.29 is 18.1 Å². The number of nitrogens with one attached hydrogen (secondary N) is 2. The van der Waals surface area contributed by atoms with Crippen LogP contribution in [0.3, 0.4) is 0 Å². The highest BCUT2D eigenvalue weighted by Gasteiger charge is 2.29. The van der Waals surface area contributed by atoms with Crippen molar-refractivity contribution in [3.8, 4) is 16.1 Å². The normalized spacial score (nSPS) is 11.5. The van der Waals surface area contributed by atoms with Gasteiger partial charge in [0.25, 0.3) is 5.56 Å². The standard InChI is InChI=1S/C38H35F2N5O3S/c1-4-41-37(47)42-27-20-18-26(19-21-27)34-30(24-45(2,3)23-25-12-7-5-8-13-25)33-35(46)44(28-14-9-6-10-15-28)38(48)43(36(33)49-34)22-29-31(39)16-11-17-32(29)40/h5-21H,4,22-24H2,1-3H3,(H-,41,42,47)/p+1. The Morgan fingerprint density at radius 1 is 0.796 bits per heavy atom. The minimum Gasteiger partial charge on any atom is -0.338 e. The van der Waals surface area contributed by atoms with Crippen molar-refractivity contribution in [1.29, 1.82) is 0 Å². The van der Waals surface area contributed by atoms with Crippen LogP contribution in [-0.2, 0) is 19.6 Å². The van der Waals surface area contributed by atoms with Crippen LogP contribution in [-0.4, -0.2) is 40.3 Å². The molecule has 0 aliphatic carbocycles. The number of amides is 2. The number of thiophene rings is 1. The number of para-hydroxylation sites is 1. The van der Waals surface area contributed by atoms with Gasteiger partial charge in [-0.25, -0.2) is 22.9 Å². The molecule has 4 aromatic carbocycles. The number of benzene rings is 4. The van der Waals surface area contributed by atoms with Gasteiger partial charge in [0.1, 0.15) is 29.6 Å². The van der Waals surface area contributed by atoms with E-state index in [1.165, 1.54) is 22.0 Å². The van der Waals surface area contributed by atoms with Crippen LogP contribution in [0.15, 0.2) is 113 Å². The average molecular weight is 681 g/mol. The number of nitrogens with zero attached hydrogens (tertiary/aromatic N) is 3. The van der Waals surface area contributed by atoms with Gasteiger partial charge in [-0.1, -0.05) is 66.7 Å². The molecule has 0 aliphatic heterocycles. The van der Waals surface area contributed by atoms with Gasteiger partial charge < -0.3 is 15.1 Å². The van der Waals surface area contributed by atoms with Gasteiger partial charge in [0.15, 0.2) is 0 Å². The van der Waals surface area contributed by atoms with E-state index in [4.69, 9.17) is 0 Å². The second kappa shape index (κ2) is 14.0.